The fourth-order valence-electron chi connectivity index (χ4n) is 3.30. The van der Waals surface area contributed by atoms with E-state index >= 15 is 0 Å². The Labute approximate surface area is 149 Å². The molecule has 1 aliphatic rings. The molecule has 1 saturated carbocycles. The normalized spacial score (nSPS) is 14.7. The van der Waals surface area contributed by atoms with Crippen molar-refractivity contribution in [1.29, 1.82) is 0 Å². The molecule has 2 N–H and O–H groups in total. The van der Waals surface area contributed by atoms with Crippen molar-refractivity contribution >= 4 is 17.5 Å². The van der Waals surface area contributed by atoms with E-state index in [0.717, 1.165) is 29.7 Å². The number of aromatic nitrogens is 2. The molecule has 0 aliphatic heterocycles. The van der Waals surface area contributed by atoms with Crippen LogP contribution in [-0.2, 0) is 0 Å². The van der Waals surface area contributed by atoms with Crippen LogP contribution in [0.5, 0.6) is 0 Å². The molecule has 1 aromatic carbocycles. The van der Waals surface area contributed by atoms with E-state index in [1.165, 1.54) is 12.8 Å². The lowest BCUT2D eigenvalue weighted by Gasteiger charge is -2.16. The summed E-state index contributed by atoms with van der Waals surface area (Å²) in [6.07, 6.45) is 8.02. The molecule has 132 valence electrons. The van der Waals surface area contributed by atoms with Crippen molar-refractivity contribution in [3.63, 3.8) is 0 Å². The van der Waals surface area contributed by atoms with E-state index in [9.17, 15) is 4.79 Å². The van der Waals surface area contributed by atoms with E-state index in [4.69, 9.17) is 0 Å². The third-order valence-electron chi connectivity index (χ3n) is 4.77. The molecule has 3 rings (SSSR count). The molecule has 1 aliphatic carbocycles. The van der Waals surface area contributed by atoms with E-state index < -0.39 is 0 Å². The number of carbonyl (C=O) groups is 1. The summed E-state index contributed by atoms with van der Waals surface area (Å²) in [7, 11) is 0. The maximum atomic E-state index is 12.6. The number of hydrogen-bond donors (Lipinski definition) is 2. The highest BCUT2D eigenvalue weighted by molar-refractivity contribution is 6.04. The second kappa shape index (κ2) is 7.64. The van der Waals surface area contributed by atoms with Crippen LogP contribution in [0.1, 0.15) is 66.9 Å². The van der Waals surface area contributed by atoms with Gasteiger partial charge in [0.25, 0.3) is 5.91 Å². The smallest absolute Gasteiger partial charge is 0.258 e. The van der Waals surface area contributed by atoms with Gasteiger partial charge in [-0.2, -0.15) is 0 Å². The van der Waals surface area contributed by atoms with Crippen LogP contribution >= 0.6 is 0 Å². The van der Waals surface area contributed by atoms with Crippen LogP contribution in [0.15, 0.2) is 30.6 Å². The minimum atomic E-state index is -0.177. The van der Waals surface area contributed by atoms with Gasteiger partial charge < -0.3 is 10.6 Å². The maximum Gasteiger partial charge on any atom is 0.258 e. The first kappa shape index (κ1) is 17.4. The van der Waals surface area contributed by atoms with Gasteiger partial charge in [0.05, 0.1) is 5.56 Å². The lowest BCUT2D eigenvalue weighted by molar-refractivity contribution is 0.102. The van der Waals surface area contributed by atoms with E-state index in [1.807, 2.05) is 19.1 Å². The zero-order chi connectivity index (χ0) is 17.8. The summed E-state index contributed by atoms with van der Waals surface area (Å²) in [5, 5.41) is 6.37. The minimum absolute atomic E-state index is 0.177. The number of amides is 1. The largest absolute Gasteiger partial charge is 0.351 e. The van der Waals surface area contributed by atoms with Gasteiger partial charge in [0.2, 0.25) is 5.95 Å². The summed E-state index contributed by atoms with van der Waals surface area (Å²) in [5.74, 6) is 0.760. The molecule has 0 radical (unpaired) electrons. The predicted octanol–water partition coefficient (Wildman–Crippen LogP) is 4.52. The summed E-state index contributed by atoms with van der Waals surface area (Å²) in [6.45, 7) is 6.25. The molecule has 0 unspecified atom stereocenters. The zero-order valence-electron chi connectivity index (χ0n) is 15.2. The Morgan fingerprint density at radius 3 is 2.48 bits per heavy atom. The number of carbonyl (C=O) groups excluding carboxylic acids is 1. The van der Waals surface area contributed by atoms with Gasteiger partial charge >= 0.3 is 0 Å². The van der Waals surface area contributed by atoms with Crippen molar-refractivity contribution in [2.75, 3.05) is 10.6 Å². The molecule has 25 heavy (non-hydrogen) atoms. The van der Waals surface area contributed by atoms with Crippen LogP contribution in [0.25, 0.3) is 0 Å². The fraction of sp³-hybridized carbons (Fsp3) is 0.450. The second-order valence-corrected chi connectivity index (χ2v) is 7.07. The summed E-state index contributed by atoms with van der Waals surface area (Å²) >= 11 is 0. The first-order valence-corrected chi connectivity index (χ1v) is 9.04. The van der Waals surface area contributed by atoms with Crippen molar-refractivity contribution in [2.24, 2.45) is 0 Å². The Kier molecular flexibility index (Phi) is 5.31. The molecule has 2 aromatic rings. The van der Waals surface area contributed by atoms with Gasteiger partial charge in [0.1, 0.15) is 0 Å². The molecule has 5 nitrogen and oxygen atoms in total. The van der Waals surface area contributed by atoms with Gasteiger partial charge in [0.15, 0.2) is 0 Å². The highest BCUT2D eigenvalue weighted by atomic mass is 16.1. The van der Waals surface area contributed by atoms with E-state index in [0.29, 0.717) is 23.5 Å². The quantitative estimate of drug-likeness (QED) is 0.841. The average molecular weight is 338 g/mol. The van der Waals surface area contributed by atoms with Gasteiger partial charge in [-0.05, 0) is 36.8 Å². The number of anilines is 2. The van der Waals surface area contributed by atoms with E-state index in [1.54, 1.807) is 12.4 Å². The SMILES string of the molecule is Cc1cccc(C(C)C)c1NC(=O)c1cnc(NC2CCCC2)nc1. The van der Waals surface area contributed by atoms with E-state index in [2.05, 4.69) is 40.5 Å². The molecule has 0 atom stereocenters. The van der Waals surface area contributed by atoms with Crippen LogP contribution in [0.3, 0.4) is 0 Å². The molecule has 0 saturated heterocycles. The second-order valence-electron chi connectivity index (χ2n) is 7.07. The van der Waals surface area contributed by atoms with Crippen molar-refractivity contribution in [2.45, 2.75) is 58.4 Å². The van der Waals surface area contributed by atoms with Crippen molar-refractivity contribution in [3.05, 3.63) is 47.3 Å². The first-order chi connectivity index (χ1) is 12.0. The third kappa shape index (κ3) is 4.16. The first-order valence-electron chi connectivity index (χ1n) is 9.04. The Balaban J connectivity index is 1.71. The molecule has 1 amide bonds. The molecule has 5 heteroatoms. The standard InChI is InChI=1S/C20H26N4O/c1-13(2)17-10-6-7-14(3)18(17)24-19(25)15-11-21-20(22-12-15)23-16-8-4-5-9-16/h6-7,10-13,16H,4-5,8-9H2,1-3H3,(H,24,25)(H,21,22,23). The van der Waals surface area contributed by atoms with Crippen molar-refractivity contribution in [1.82, 2.24) is 9.97 Å². The Hall–Kier alpha value is -2.43. The maximum absolute atomic E-state index is 12.6. The Morgan fingerprint density at radius 1 is 1.16 bits per heavy atom. The molecule has 1 heterocycles. The number of nitrogens with zero attached hydrogens (tertiary/aromatic N) is 2. The average Bonchev–Trinajstić information content (AvgIpc) is 3.10. The van der Waals surface area contributed by atoms with Crippen molar-refractivity contribution in [3.8, 4) is 0 Å². The third-order valence-corrected chi connectivity index (χ3v) is 4.77. The zero-order valence-corrected chi connectivity index (χ0v) is 15.2. The number of aryl methyl sites for hydroxylation is 1. The minimum Gasteiger partial charge on any atom is -0.351 e. The molecular formula is C20H26N4O. The number of hydrogen-bond acceptors (Lipinski definition) is 4. The number of benzene rings is 1. The summed E-state index contributed by atoms with van der Waals surface area (Å²) in [4.78, 5) is 21.2. The molecule has 1 fully saturated rings. The topological polar surface area (TPSA) is 66.9 Å². The molecular weight excluding hydrogens is 312 g/mol. The Bertz CT molecular complexity index is 734. The van der Waals surface area contributed by atoms with Gasteiger partial charge in [-0.15, -0.1) is 0 Å². The highest BCUT2D eigenvalue weighted by Crippen LogP contribution is 2.28. The van der Waals surface area contributed by atoms with Crippen LogP contribution in [0.2, 0.25) is 0 Å². The van der Waals surface area contributed by atoms with Crippen molar-refractivity contribution < 1.29 is 4.79 Å². The monoisotopic (exact) mass is 338 g/mol. The Morgan fingerprint density at radius 2 is 1.84 bits per heavy atom. The van der Waals surface area contributed by atoms with E-state index in [-0.39, 0.29) is 5.91 Å². The van der Waals surface area contributed by atoms with Gasteiger partial charge in [-0.3, -0.25) is 4.79 Å². The summed E-state index contributed by atoms with van der Waals surface area (Å²) < 4.78 is 0. The lowest BCUT2D eigenvalue weighted by atomic mass is 9.98. The van der Waals surface area contributed by atoms with Crippen LogP contribution in [-0.4, -0.2) is 21.9 Å². The lowest BCUT2D eigenvalue weighted by Crippen LogP contribution is -2.18. The summed E-state index contributed by atoms with van der Waals surface area (Å²) in [5.41, 5.74) is 3.54. The van der Waals surface area contributed by atoms with Gasteiger partial charge in [-0.25, -0.2) is 9.97 Å². The van der Waals surface area contributed by atoms with Gasteiger partial charge in [0, 0.05) is 24.1 Å². The predicted molar refractivity (Wildman–Crippen MR) is 101 cm³/mol. The molecule has 0 bridgehead atoms. The van der Waals surface area contributed by atoms with Gasteiger partial charge in [-0.1, -0.05) is 44.9 Å². The molecule has 0 spiro atoms. The van der Waals surface area contributed by atoms with Crippen LogP contribution < -0.4 is 10.6 Å². The fourth-order valence-corrected chi connectivity index (χ4v) is 3.30. The van der Waals surface area contributed by atoms with Crippen LogP contribution in [0.4, 0.5) is 11.6 Å². The molecule has 1 aromatic heterocycles. The number of para-hydroxylation sites is 1. The highest BCUT2D eigenvalue weighted by Gasteiger charge is 2.17. The summed E-state index contributed by atoms with van der Waals surface area (Å²) in [6, 6.07) is 6.54. The number of nitrogens with one attached hydrogen (secondary N) is 2. The van der Waals surface area contributed by atoms with Crippen LogP contribution in [0, 0.1) is 6.92 Å². The number of rotatable bonds is 5.